The van der Waals surface area contributed by atoms with E-state index in [1.54, 1.807) is 34.1 Å². The second kappa shape index (κ2) is 8.40. The number of rotatable bonds is 3. The molecule has 1 atom stereocenters. The summed E-state index contributed by atoms with van der Waals surface area (Å²) in [5.74, 6) is -0.0955. The first-order valence-electron chi connectivity index (χ1n) is 10.00. The summed E-state index contributed by atoms with van der Waals surface area (Å²) in [4.78, 5) is 29.0. The van der Waals surface area contributed by atoms with E-state index in [1.165, 1.54) is 24.5 Å². The predicted octanol–water partition coefficient (Wildman–Crippen LogP) is 4.61. The minimum Gasteiger partial charge on any atom is -0.307 e. The van der Waals surface area contributed by atoms with Crippen molar-refractivity contribution in [3.8, 4) is 11.1 Å². The first-order valence-corrected chi connectivity index (χ1v) is 12.8. The van der Waals surface area contributed by atoms with E-state index in [-0.39, 0.29) is 22.9 Å². The SMILES string of the molecule is CC(=O)N1c2ccc(-c3ccc(S(C)(=O)=O)cc3)cc2N(C(=O)Nc2ccsc2)CC1C. The highest BCUT2D eigenvalue weighted by Gasteiger charge is 2.34. The minimum atomic E-state index is -3.29. The number of hydrogen-bond donors (Lipinski definition) is 1. The van der Waals surface area contributed by atoms with E-state index < -0.39 is 9.84 Å². The van der Waals surface area contributed by atoms with E-state index in [0.717, 1.165) is 16.8 Å². The van der Waals surface area contributed by atoms with E-state index in [1.807, 2.05) is 41.9 Å². The van der Waals surface area contributed by atoms with Crippen molar-refractivity contribution in [1.82, 2.24) is 0 Å². The number of thiophene rings is 1. The van der Waals surface area contributed by atoms with E-state index in [4.69, 9.17) is 0 Å². The normalized spacial score (nSPS) is 15.9. The van der Waals surface area contributed by atoms with Gasteiger partial charge in [0.2, 0.25) is 5.91 Å². The standard InChI is InChI=1S/C23H23N3O4S2/c1-15-13-25(23(28)24-19-10-11-31-14-19)22-12-18(6-9-21(22)26(15)16(2)27)17-4-7-20(8-5-17)32(3,29)30/h4-12,14-15H,13H2,1-3H3,(H,24,28). The van der Waals surface area contributed by atoms with Crippen LogP contribution >= 0.6 is 11.3 Å². The molecule has 0 bridgehead atoms. The van der Waals surface area contributed by atoms with Crippen molar-refractivity contribution in [2.24, 2.45) is 0 Å². The summed E-state index contributed by atoms with van der Waals surface area (Å²) in [6.45, 7) is 3.77. The Kier molecular flexibility index (Phi) is 5.79. The maximum atomic E-state index is 13.1. The van der Waals surface area contributed by atoms with Crippen LogP contribution in [0.25, 0.3) is 11.1 Å². The number of carbonyl (C=O) groups is 2. The Balaban J connectivity index is 1.76. The van der Waals surface area contributed by atoms with E-state index in [0.29, 0.717) is 17.9 Å². The maximum absolute atomic E-state index is 13.1. The van der Waals surface area contributed by atoms with Gasteiger partial charge in [0.05, 0.1) is 28.0 Å². The molecule has 1 unspecified atom stereocenters. The molecule has 0 saturated heterocycles. The van der Waals surface area contributed by atoms with Gasteiger partial charge in [-0.1, -0.05) is 18.2 Å². The molecule has 1 N–H and O–H groups in total. The Labute approximate surface area is 191 Å². The molecule has 1 aliphatic heterocycles. The molecule has 9 heteroatoms. The highest BCUT2D eigenvalue weighted by molar-refractivity contribution is 7.90. The Morgan fingerprint density at radius 3 is 2.31 bits per heavy atom. The number of anilines is 3. The van der Waals surface area contributed by atoms with Gasteiger partial charge >= 0.3 is 6.03 Å². The van der Waals surface area contributed by atoms with Crippen LogP contribution in [0.15, 0.2) is 64.2 Å². The molecule has 0 fully saturated rings. The van der Waals surface area contributed by atoms with Gasteiger partial charge in [0.1, 0.15) is 0 Å². The fourth-order valence-electron chi connectivity index (χ4n) is 3.90. The van der Waals surface area contributed by atoms with Gasteiger partial charge in [-0.15, -0.1) is 0 Å². The Hall–Kier alpha value is -3.17. The highest BCUT2D eigenvalue weighted by atomic mass is 32.2. The summed E-state index contributed by atoms with van der Waals surface area (Å²) in [7, 11) is -3.29. The first-order chi connectivity index (χ1) is 15.1. The van der Waals surface area contributed by atoms with E-state index >= 15 is 0 Å². The van der Waals surface area contributed by atoms with Gasteiger partial charge in [-0.05, 0) is 53.8 Å². The van der Waals surface area contributed by atoms with Crippen LogP contribution in [0.3, 0.4) is 0 Å². The topological polar surface area (TPSA) is 86.8 Å². The highest BCUT2D eigenvalue weighted by Crippen LogP contribution is 2.39. The fourth-order valence-corrected chi connectivity index (χ4v) is 5.12. The monoisotopic (exact) mass is 469 g/mol. The number of hydrogen-bond acceptors (Lipinski definition) is 5. The Bertz CT molecular complexity index is 1270. The molecule has 3 aromatic rings. The molecule has 2 aromatic carbocycles. The minimum absolute atomic E-state index is 0.0955. The summed E-state index contributed by atoms with van der Waals surface area (Å²) in [5.41, 5.74) is 3.63. The van der Waals surface area contributed by atoms with Crippen molar-refractivity contribution in [2.75, 3.05) is 27.9 Å². The molecule has 3 amide bonds. The summed E-state index contributed by atoms with van der Waals surface area (Å²) in [6.07, 6.45) is 1.17. The van der Waals surface area contributed by atoms with E-state index in [2.05, 4.69) is 5.32 Å². The second-order valence-electron chi connectivity index (χ2n) is 7.79. The second-order valence-corrected chi connectivity index (χ2v) is 10.6. The molecular weight excluding hydrogens is 446 g/mol. The lowest BCUT2D eigenvalue weighted by Crippen LogP contribution is -2.52. The van der Waals surface area contributed by atoms with Crippen LogP contribution in [0, 0.1) is 0 Å². The molecule has 0 saturated carbocycles. The molecular formula is C23H23N3O4S2. The third kappa shape index (κ3) is 4.26. The molecule has 32 heavy (non-hydrogen) atoms. The Morgan fingerprint density at radius 2 is 1.72 bits per heavy atom. The molecule has 7 nitrogen and oxygen atoms in total. The largest absolute Gasteiger partial charge is 0.326 e. The molecule has 2 heterocycles. The first kappa shape index (κ1) is 22.0. The summed E-state index contributed by atoms with van der Waals surface area (Å²) >= 11 is 1.49. The van der Waals surface area contributed by atoms with Crippen molar-refractivity contribution in [3.05, 3.63) is 59.3 Å². The fraction of sp³-hybridized carbons (Fsp3) is 0.217. The zero-order chi connectivity index (χ0) is 23.0. The predicted molar refractivity (Wildman–Crippen MR) is 128 cm³/mol. The number of urea groups is 1. The smallest absolute Gasteiger partial charge is 0.307 e. The zero-order valence-electron chi connectivity index (χ0n) is 17.9. The lowest BCUT2D eigenvalue weighted by molar-refractivity contribution is -0.117. The molecule has 0 radical (unpaired) electrons. The van der Waals surface area contributed by atoms with Gasteiger partial charge in [0.25, 0.3) is 0 Å². The van der Waals surface area contributed by atoms with Crippen LogP contribution in [0.4, 0.5) is 21.9 Å². The Morgan fingerprint density at radius 1 is 1.03 bits per heavy atom. The number of fused-ring (bicyclic) bond motifs is 1. The molecule has 1 aromatic heterocycles. The molecule has 0 spiro atoms. The van der Waals surface area contributed by atoms with Crippen LogP contribution in [-0.2, 0) is 14.6 Å². The lowest BCUT2D eigenvalue weighted by atomic mass is 10.0. The summed E-state index contributed by atoms with van der Waals surface area (Å²) in [5, 5.41) is 6.65. The molecule has 166 valence electrons. The van der Waals surface area contributed by atoms with Gasteiger partial charge in [0, 0.05) is 25.1 Å². The van der Waals surface area contributed by atoms with Crippen LogP contribution in [0.5, 0.6) is 0 Å². The van der Waals surface area contributed by atoms with Crippen molar-refractivity contribution in [3.63, 3.8) is 0 Å². The zero-order valence-corrected chi connectivity index (χ0v) is 19.5. The van der Waals surface area contributed by atoms with Crippen LogP contribution in [0.1, 0.15) is 13.8 Å². The van der Waals surface area contributed by atoms with Gasteiger partial charge in [0.15, 0.2) is 9.84 Å². The number of carbonyl (C=O) groups excluding carboxylic acids is 2. The third-order valence-corrected chi connectivity index (χ3v) is 7.20. The number of amides is 3. The maximum Gasteiger partial charge on any atom is 0.326 e. The number of nitrogens with zero attached hydrogens (tertiary/aromatic N) is 2. The van der Waals surface area contributed by atoms with Gasteiger partial charge in [-0.3, -0.25) is 9.69 Å². The van der Waals surface area contributed by atoms with Crippen molar-refractivity contribution in [2.45, 2.75) is 24.8 Å². The van der Waals surface area contributed by atoms with Crippen molar-refractivity contribution in [1.29, 1.82) is 0 Å². The quantitative estimate of drug-likeness (QED) is 0.607. The average Bonchev–Trinajstić information content (AvgIpc) is 3.25. The summed E-state index contributed by atoms with van der Waals surface area (Å²) < 4.78 is 23.5. The average molecular weight is 470 g/mol. The summed E-state index contributed by atoms with van der Waals surface area (Å²) in [6, 6.07) is 13.5. The van der Waals surface area contributed by atoms with Crippen molar-refractivity contribution >= 4 is 50.2 Å². The number of benzene rings is 2. The van der Waals surface area contributed by atoms with Crippen molar-refractivity contribution < 1.29 is 18.0 Å². The number of nitrogens with one attached hydrogen (secondary N) is 1. The third-order valence-electron chi connectivity index (χ3n) is 5.39. The van der Waals surface area contributed by atoms with Crippen LogP contribution < -0.4 is 15.1 Å². The molecule has 0 aliphatic carbocycles. The molecule has 4 rings (SSSR count). The molecule has 1 aliphatic rings. The lowest BCUT2D eigenvalue weighted by Gasteiger charge is -2.40. The van der Waals surface area contributed by atoms with Gasteiger partial charge in [-0.25, -0.2) is 13.2 Å². The van der Waals surface area contributed by atoms with Gasteiger partial charge in [-0.2, -0.15) is 11.3 Å². The van der Waals surface area contributed by atoms with Crippen LogP contribution in [0.2, 0.25) is 0 Å². The van der Waals surface area contributed by atoms with Gasteiger partial charge < -0.3 is 10.2 Å². The van der Waals surface area contributed by atoms with Crippen LogP contribution in [-0.4, -0.2) is 39.2 Å². The number of sulfone groups is 1. The van der Waals surface area contributed by atoms with E-state index in [9.17, 15) is 18.0 Å².